The van der Waals surface area contributed by atoms with Gasteiger partial charge in [-0.1, -0.05) is 42.5 Å². The van der Waals surface area contributed by atoms with E-state index >= 15 is 0 Å². The van der Waals surface area contributed by atoms with Gasteiger partial charge in [-0.25, -0.2) is 14.2 Å². The Hall–Kier alpha value is -4.04. The van der Waals surface area contributed by atoms with Crippen molar-refractivity contribution in [3.63, 3.8) is 0 Å². The summed E-state index contributed by atoms with van der Waals surface area (Å²) >= 11 is 1.27. The van der Waals surface area contributed by atoms with Crippen LogP contribution in [0.3, 0.4) is 0 Å². The highest BCUT2D eigenvalue weighted by Crippen LogP contribution is 2.20. The fourth-order valence-electron chi connectivity index (χ4n) is 3.37. The quantitative estimate of drug-likeness (QED) is 0.290. The van der Waals surface area contributed by atoms with E-state index in [9.17, 15) is 14.0 Å². The molecule has 0 saturated heterocycles. The van der Waals surface area contributed by atoms with Gasteiger partial charge in [0, 0.05) is 17.5 Å². The molecule has 1 amide bonds. The highest BCUT2D eigenvalue weighted by molar-refractivity contribution is 7.09. The van der Waals surface area contributed by atoms with E-state index in [0.29, 0.717) is 23.7 Å². The van der Waals surface area contributed by atoms with Crippen LogP contribution in [-0.2, 0) is 24.4 Å². The molecule has 0 saturated carbocycles. The van der Waals surface area contributed by atoms with E-state index < -0.39 is 11.8 Å². The smallest absolute Gasteiger partial charge is 0.357 e. The highest BCUT2D eigenvalue weighted by atomic mass is 32.1. The van der Waals surface area contributed by atoms with Crippen LogP contribution in [0.1, 0.15) is 37.0 Å². The summed E-state index contributed by atoms with van der Waals surface area (Å²) in [6.07, 6.45) is 0. The molecule has 0 N–H and O–H groups in total. The van der Waals surface area contributed by atoms with Gasteiger partial charge in [0.1, 0.15) is 23.2 Å². The van der Waals surface area contributed by atoms with Gasteiger partial charge in [0.05, 0.1) is 13.7 Å². The third kappa shape index (κ3) is 6.51. The number of nitrogens with zero attached hydrogens (tertiary/aromatic N) is 2. The normalized spacial score (nSPS) is 10.6. The molecule has 1 aromatic heterocycles. The number of carbonyl (C=O) groups excluding carboxylic acids is 2. The molecule has 0 bridgehead atoms. The third-order valence-corrected chi connectivity index (χ3v) is 6.03. The number of carbonyl (C=O) groups is 2. The Balaban J connectivity index is 1.49. The third-order valence-electron chi connectivity index (χ3n) is 5.20. The maximum atomic E-state index is 13.4. The van der Waals surface area contributed by atoms with Crippen LogP contribution in [-0.4, -0.2) is 28.9 Å². The van der Waals surface area contributed by atoms with Gasteiger partial charge in [-0.3, -0.25) is 4.79 Å². The van der Waals surface area contributed by atoms with Gasteiger partial charge in [0.15, 0.2) is 5.69 Å². The van der Waals surface area contributed by atoms with Crippen LogP contribution in [0, 0.1) is 5.82 Å². The van der Waals surface area contributed by atoms with Gasteiger partial charge in [0.2, 0.25) is 0 Å². The van der Waals surface area contributed by atoms with Crippen LogP contribution in [0.15, 0.2) is 84.2 Å². The highest BCUT2D eigenvalue weighted by Gasteiger charge is 2.20. The van der Waals surface area contributed by atoms with Gasteiger partial charge >= 0.3 is 5.97 Å². The SMILES string of the molecule is COC(=O)c1csc(CN(Cc2ccc(OCc3ccccc3)cc2)C(=O)c2ccc(F)cc2)n1. The van der Waals surface area contributed by atoms with Gasteiger partial charge in [-0.2, -0.15) is 0 Å². The van der Waals surface area contributed by atoms with Gasteiger partial charge in [-0.15, -0.1) is 11.3 Å². The van der Waals surface area contributed by atoms with E-state index in [1.807, 2.05) is 54.6 Å². The van der Waals surface area contributed by atoms with Crippen molar-refractivity contribution in [3.05, 3.63) is 117 Å². The number of hydrogen-bond acceptors (Lipinski definition) is 6. The molecular weight excluding hydrogens is 467 g/mol. The Kier molecular flexibility index (Phi) is 7.84. The van der Waals surface area contributed by atoms with Crippen LogP contribution >= 0.6 is 11.3 Å². The number of benzene rings is 3. The molecule has 0 fully saturated rings. The average Bonchev–Trinajstić information content (AvgIpc) is 3.36. The summed E-state index contributed by atoms with van der Waals surface area (Å²) < 4.78 is 23.9. The molecule has 0 atom stereocenters. The van der Waals surface area contributed by atoms with Crippen molar-refractivity contribution in [1.82, 2.24) is 9.88 Å². The zero-order chi connectivity index (χ0) is 24.6. The van der Waals surface area contributed by atoms with Gasteiger partial charge in [0.25, 0.3) is 5.91 Å². The molecule has 4 aromatic rings. The topological polar surface area (TPSA) is 68.7 Å². The summed E-state index contributed by atoms with van der Waals surface area (Å²) in [5.41, 5.74) is 2.51. The summed E-state index contributed by atoms with van der Waals surface area (Å²) in [7, 11) is 1.29. The van der Waals surface area contributed by atoms with Crippen molar-refractivity contribution >= 4 is 23.2 Å². The second kappa shape index (κ2) is 11.4. The Morgan fingerprint density at radius 1 is 0.914 bits per heavy atom. The minimum absolute atomic E-state index is 0.185. The van der Waals surface area contributed by atoms with Crippen LogP contribution in [0.2, 0.25) is 0 Å². The minimum atomic E-state index is -0.532. The lowest BCUT2D eigenvalue weighted by Crippen LogP contribution is -2.30. The molecule has 8 heteroatoms. The predicted molar refractivity (Wildman–Crippen MR) is 131 cm³/mol. The lowest BCUT2D eigenvalue weighted by molar-refractivity contribution is 0.0594. The summed E-state index contributed by atoms with van der Waals surface area (Å²) in [4.78, 5) is 30.9. The van der Waals surface area contributed by atoms with Crippen molar-refractivity contribution < 1.29 is 23.5 Å². The monoisotopic (exact) mass is 490 g/mol. The van der Waals surface area contributed by atoms with Crippen LogP contribution in [0.5, 0.6) is 5.75 Å². The van der Waals surface area contributed by atoms with Crippen molar-refractivity contribution in [3.8, 4) is 5.75 Å². The van der Waals surface area contributed by atoms with Crippen molar-refractivity contribution in [2.24, 2.45) is 0 Å². The summed E-state index contributed by atoms with van der Waals surface area (Å²) in [5, 5.41) is 2.18. The zero-order valence-corrected chi connectivity index (χ0v) is 19.8. The Bertz CT molecular complexity index is 1270. The average molecular weight is 491 g/mol. The Morgan fingerprint density at radius 3 is 2.31 bits per heavy atom. The minimum Gasteiger partial charge on any atom is -0.489 e. The fourth-order valence-corrected chi connectivity index (χ4v) is 4.15. The molecule has 6 nitrogen and oxygen atoms in total. The first-order chi connectivity index (χ1) is 17.0. The number of rotatable bonds is 9. The molecule has 178 valence electrons. The number of hydrogen-bond donors (Lipinski definition) is 0. The first-order valence-corrected chi connectivity index (χ1v) is 11.7. The summed E-state index contributed by atoms with van der Waals surface area (Å²) in [6.45, 7) is 0.939. The molecule has 0 spiro atoms. The largest absolute Gasteiger partial charge is 0.489 e. The number of esters is 1. The first kappa shape index (κ1) is 24.1. The van der Waals surface area contributed by atoms with Gasteiger partial charge in [-0.05, 0) is 47.5 Å². The van der Waals surface area contributed by atoms with Crippen molar-refractivity contribution in [1.29, 1.82) is 0 Å². The lowest BCUT2D eigenvalue weighted by atomic mass is 10.1. The van der Waals surface area contributed by atoms with E-state index in [1.54, 1.807) is 10.3 Å². The van der Waals surface area contributed by atoms with Gasteiger partial charge < -0.3 is 14.4 Å². The number of methoxy groups -OCH3 is 1. The van der Waals surface area contributed by atoms with E-state index in [2.05, 4.69) is 4.98 Å². The standard InChI is InChI=1S/C27H23FN2O4S/c1-33-27(32)24-18-35-25(29-24)16-30(26(31)21-9-11-22(28)12-10-21)15-19-7-13-23(14-8-19)34-17-20-5-3-2-4-6-20/h2-14,18H,15-17H2,1H3. The molecule has 0 aliphatic carbocycles. The van der Waals surface area contributed by atoms with E-state index in [0.717, 1.165) is 16.9 Å². The zero-order valence-electron chi connectivity index (χ0n) is 19.0. The molecule has 0 aliphatic rings. The number of ether oxygens (including phenoxy) is 2. The van der Waals surface area contributed by atoms with Crippen LogP contribution < -0.4 is 4.74 Å². The predicted octanol–water partition coefficient (Wildman–Crippen LogP) is 5.49. The van der Waals surface area contributed by atoms with Crippen LogP contribution in [0.4, 0.5) is 4.39 Å². The molecule has 1 heterocycles. The number of thiazole rings is 1. The fraction of sp³-hybridized carbons (Fsp3) is 0.148. The van der Waals surface area contributed by atoms with E-state index in [1.165, 1.54) is 42.7 Å². The molecule has 4 rings (SSSR count). The number of halogens is 1. The first-order valence-electron chi connectivity index (χ1n) is 10.8. The lowest BCUT2D eigenvalue weighted by Gasteiger charge is -2.22. The Labute approximate surface area is 206 Å². The molecular formula is C27H23FN2O4S. The number of amides is 1. The molecule has 3 aromatic carbocycles. The van der Waals surface area contributed by atoms with Crippen molar-refractivity contribution in [2.75, 3.05) is 7.11 Å². The molecule has 35 heavy (non-hydrogen) atoms. The summed E-state index contributed by atoms with van der Waals surface area (Å²) in [6, 6.07) is 22.8. The maximum absolute atomic E-state index is 13.4. The molecule has 0 radical (unpaired) electrons. The van der Waals surface area contributed by atoms with Crippen molar-refractivity contribution in [2.45, 2.75) is 19.7 Å². The molecule has 0 aliphatic heterocycles. The van der Waals surface area contributed by atoms with E-state index in [4.69, 9.17) is 9.47 Å². The van der Waals surface area contributed by atoms with Crippen LogP contribution in [0.25, 0.3) is 0 Å². The summed E-state index contributed by atoms with van der Waals surface area (Å²) in [5.74, 6) is -0.502. The Morgan fingerprint density at radius 2 is 1.63 bits per heavy atom. The molecule has 0 unspecified atom stereocenters. The second-order valence-corrected chi connectivity index (χ2v) is 8.65. The number of aromatic nitrogens is 1. The maximum Gasteiger partial charge on any atom is 0.357 e. The van der Waals surface area contributed by atoms with E-state index in [-0.39, 0.29) is 18.1 Å². The second-order valence-electron chi connectivity index (χ2n) is 7.70.